The molecular formula is C20H32IN5O. The number of aliphatic imine (C=N–C) groups is 1. The second-order valence-electron chi connectivity index (χ2n) is 6.68. The first kappa shape index (κ1) is 21.9. The topological polar surface area (TPSA) is 54.7 Å². The zero-order chi connectivity index (χ0) is 18.4. The number of hydrogen-bond donors (Lipinski definition) is 1. The molecule has 1 aromatic carbocycles. The molecule has 7 heteroatoms. The van der Waals surface area contributed by atoms with Crippen LogP contribution in [0, 0.1) is 6.92 Å². The van der Waals surface area contributed by atoms with Crippen molar-refractivity contribution in [2.75, 3.05) is 32.8 Å². The van der Waals surface area contributed by atoms with Crippen LogP contribution in [0.1, 0.15) is 32.5 Å². The van der Waals surface area contributed by atoms with Gasteiger partial charge in [0.2, 0.25) is 0 Å². The first-order chi connectivity index (χ1) is 12.7. The van der Waals surface area contributed by atoms with Gasteiger partial charge in [0.05, 0.1) is 23.7 Å². The van der Waals surface area contributed by atoms with E-state index in [2.05, 4.69) is 58.7 Å². The fourth-order valence-corrected chi connectivity index (χ4v) is 3.63. The van der Waals surface area contributed by atoms with Gasteiger partial charge in [-0.25, -0.2) is 4.98 Å². The van der Waals surface area contributed by atoms with Gasteiger partial charge in [0.1, 0.15) is 5.82 Å². The molecule has 1 saturated heterocycles. The first-order valence-electron chi connectivity index (χ1n) is 9.79. The van der Waals surface area contributed by atoms with Gasteiger partial charge in [-0.3, -0.25) is 4.99 Å². The van der Waals surface area contributed by atoms with E-state index in [9.17, 15) is 0 Å². The van der Waals surface area contributed by atoms with Gasteiger partial charge in [-0.15, -0.1) is 24.0 Å². The van der Waals surface area contributed by atoms with Crippen molar-refractivity contribution in [3.05, 3.63) is 30.1 Å². The second kappa shape index (κ2) is 10.8. The predicted octanol–water partition coefficient (Wildman–Crippen LogP) is 3.43. The Morgan fingerprint density at radius 2 is 2.00 bits per heavy atom. The van der Waals surface area contributed by atoms with E-state index in [0.717, 1.165) is 69.5 Å². The van der Waals surface area contributed by atoms with Gasteiger partial charge >= 0.3 is 0 Å². The molecule has 1 N–H and O–H groups in total. The van der Waals surface area contributed by atoms with Gasteiger partial charge in [-0.2, -0.15) is 0 Å². The summed E-state index contributed by atoms with van der Waals surface area (Å²) in [6, 6.07) is 8.29. The van der Waals surface area contributed by atoms with Crippen LogP contribution in [0.4, 0.5) is 0 Å². The number of hydrogen-bond acceptors (Lipinski definition) is 3. The summed E-state index contributed by atoms with van der Waals surface area (Å²) in [5.74, 6) is 2.06. The highest BCUT2D eigenvalue weighted by Gasteiger charge is 2.21. The number of benzene rings is 1. The summed E-state index contributed by atoms with van der Waals surface area (Å²) in [5.41, 5.74) is 2.24. The van der Waals surface area contributed by atoms with Crippen LogP contribution in [-0.4, -0.2) is 59.3 Å². The van der Waals surface area contributed by atoms with Crippen molar-refractivity contribution >= 4 is 41.0 Å². The summed E-state index contributed by atoms with van der Waals surface area (Å²) < 4.78 is 8.01. The van der Waals surface area contributed by atoms with Crippen molar-refractivity contribution in [1.82, 2.24) is 19.8 Å². The highest BCUT2D eigenvalue weighted by atomic mass is 127. The van der Waals surface area contributed by atoms with E-state index < -0.39 is 0 Å². The van der Waals surface area contributed by atoms with Crippen molar-refractivity contribution < 1.29 is 4.74 Å². The number of imidazole rings is 1. The average Bonchev–Trinajstić information content (AvgIpc) is 2.97. The van der Waals surface area contributed by atoms with Gasteiger partial charge in [0.15, 0.2) is 5.96 Å². The van der Waals surface area contributed by atoms with Crippen molar-refractivity contribution in [2.24, 2.45) is 4.99 Å². The quantitative estimate of drug-likeness (QED) is 0.387. The Kier molecular flexibility index (Phi) is 8.82. The monoisotopic (exact) mass is 485 g/mol. The molecule has 1 aliphatic heterocycles. The third-order valence-electron chi connectivity index (χ3n) is 4.91. The number of nitrogens with zero attached hydrogens (tertiary/aromatic N) is 4. The molecule has 2 heterocycles. The average molecular weight is 485 g/mol. The molecule has 1 fully saturated rings. The zero-order valence-corrected chi connectivity index (χ0v) is 19.0. The molecule has 1 aromatic heterocycles. The maximum atomic E-state index is 5.76. The molecule has 2 aromatic rings. The Labute approximate surface area is 179 Å². The highest BCUT2D eigenvalue weighted by Crippen LogP contribution is 2.16. The lowest BCUT2D eigenvalue weighted by atomic mass is 10.1. The molecule has 27 heavy (non-hydrogen) atoms. The van der Waals surface area contributed by atoms with Crippen LogP contribution in [0.5, 0.6) is 0 Å². The van der Waals surface area contributed by atoms with Crippen molar-refractivity contribution in [1.29, 1.82) is 0 Å². The lowest BCUT2D eigenvalue weighted by molar-refractivity contribution is 0.0264. The summed E-state index contributed by atoms with van der Waals surface area (Å²) >= 11 is 0. The van der Waals surface area contributed by atoms with E-state index >= 15 is 0 Å². The largest absolute Gasteiger partial charge is 0.378 e. The fraction of sp³-hybridized carbons (Fsp3) is 0.600. The SMILES string of the molecule is CCNC(=NCCn1c(C)nc2ccccc21)N1CCC(OCC)CC1.I. The second-order valence-corrected chi connectivity index (χ2v) is 6.68. The molecule has 3 rings (SSSR count). The minimum atomic E-state index is 0. The molecule has 0 saturated carbocycles. The number of piperidine rings is 1. The number of fused-ring (bicyclic) bond motifs is 1. The summed E-state index contributed by atoms with van der Waals surface area (Å²) in [5, 5.41) is 3.44. The molecule has 6 nitrogen and oxygen atoms in total. The molecule has 0 spiro atoms. The standard InChI is InChI=1S/C20H31N5O.HI/c1-4-21-20(24-13-10-17(11-14-24)26-5-2)22-12-15-25-16(3)23-18-8-6-7-9-19(18)25;/h6-9,17H,4-5,10-15H2,1-3H3,(H,21,22);1H. The lowest BCUT2D eigenvalue weighted by Gasteiger charge is -2.34. The van der Waals surface area contributed by atoms with Crippen LogP contribution in [0.2, 0.25) is 0 Å². The molecule has 0 bridgehead atoms. The fourth-order valence-electron chi connectivity index (χ4n) is 3.63. The summed E-state index contributed by atoms with van der Waals surface area (Å²) in [7, 11) is 0. The van der Waals surface area contributed by atoms with E-state index in [1.807, 2.05) is 6.07 Å². The van der Waals surface area contributed by atoms with E-state index in [0.29, 0.717) is 6.10 Å². The van der Waals surface area contributed by atoms with Crippen molar-refractivity contribution in [3.63, 3.8) is 0 Å². The van der Waals surface area contributed by atoms with Crippen LogP contribution >= 0.6 is 24.0 Å². The predicted molar refractivity (Wildman–Crippen MR) is 122 cm³/mol. The molecule has 1 aliphatic rings. The van der Waals surface area contributed by atoms with Gasteiger partial charge in [-0.1, -0.05) is 12.1 Å². The Hall–Kier alpha value is -1.35. The minimum Gasteiger partial charge on any atom is -0.378 e. The van der Waals surface area contributed by atoms with Crippen LogP contribution in [0.25, 0.3) is 11.0 Å². The molecule has 0 radical (unpaired) electrons. The van der Waals surface area contributed by atoms with Crippen LogP contribution in [0.3, 0.4) is 0 Å². The first-order valence-corrected chi connectivity index (χ1v) is 9.79. The number of aryl methyl sites for hydroxylation is 1. The maximum absolute atomic E-state index is 5.76. The van der Waals surface area contributed by atoms with Crippen molar-refractivity contribution in [2.45, 2.75) is 46.3 Å². The zero-order valence-electron chi connectivity index (χ0n) is 16.6. The minimum absolute atomic E-state index is 0. The highest BCUT2D eigenvalue weighted by molar-refractivity contribution is 14.0. The molecule has 0 amide bonds. The van der Waals surface area contributed by atoms with E-state index in [1.54, 1.807) is 0 Å². The van der Waals surface area contributed by atoms with E-state index in [-0.39, 0.29) is 24.0 Å². The van der Waals surface area contributed by atoms with Crippen LogP contribution < -0.4 is 5.32 Å². The van der Waals surface area contributed by atoms with Crippen LogP contribution in [0.15, 0.2) is 29.3 Å². The molecular weight excluding hydrogens is 453 g/mol. The van der Waals surface area contributed by atoms with Gasteiger partial charge in [0, 0.05) is 32.8 Å². The number of halogens is 1. The smallest absolute Gasteiger partial charge is 0.193 e. The Morgan fingerprint density at radius 3 is 2.70 bits per heavy atom. The molecule has 0 unspecified atom stereocenters. The summed E-state index contributed by atoms with van der Waals surface area (Å²) in [6.07, 6.45) is 2.55. The van der Waals surface area contributed by atoms with Gasteiger partial charge < -0.3 is 19.5 Å². The Bertz CT molecular complexity index is 737. The Balaban J connectivity index is 0.00000261. The lowest BCUT2D eigenvalue weighted by Crippen LogP contribution is -2.47. The van der Waals surface area contributed by atoms with Gasteiger partial charge in [0.25, 0.3) is 0 Å². The number of rotatable bonds is 6. The number of nitrogens with one attached hydrogen (secondary N) is 1. The van der Waals surface area contributed by atoms with Crippen LogP contribution in [-0.2, 0) is 11.3 Å². The molecule has 0 atom stereocenters. The van der Waals surface area contributed by atoms with Crippen molar-refractivity contribution in [3.8, 4) is 0 Å². The number of likely N-dealkylation sites (tertiary alicyclic amines) is 1. The number of para-hydroxylation sites is 2. The number of aromatic nitrogens is 2. The summed E-state index contributed by atoms with van der Waals surface area (Å²) in [4.78, 5) is 11.9. The maximum Gasteiger partial charge on any atom is 0.193 e. The third kappa shape index (κ3) is 5.57. The molecule has 150 valence electrons. The third-order valence-corrected chi connectivity index (χ3v) is 4.91. The van der Waals surface area contributed by atoms with E-state index in [4.69, 9.17) is 9.73 Å². The summed E-state index contributed by atoms with van der Waals surface area (Å²) in [6.45, 7) is 11.5. The Morgan fingerprint density at radius 1 is 1.26 bits per heavy atom. The number of guanidine groups is 1. The number of ether oxygens (including phenoxy) is 1. The normalized spacial score (nSPS) is 15.8. The van der Waals surface area contributed by atoms with E-state index in [1.165, 1.54) is 5.52 Å². The molecule has 0 aliphatic carbocycles. The van der Waals surface area contributed by atoms with Gasteiger partial charge in [-0.05, 0) is 45.7 Å².